The van der Waals surface area contributed by atoms with Crippen molar-refractivity contribution in [3.63, 3.8) is 0 Å². The van der Waals surface area contributed by atoms with Crippen molar-refractivity contribution in [2.45, 2.75) is 12.8 Å². The Morgan fingerprint density at radius 1 is 1.31 bits per heavy atom. The Balaban J connectivity index is 1.54. The molecule has 0 aliphatic carbocycles. The number of thioether (sulfide) groups is 1. The number of carbonyl (C=O) groups excluding carboxylic acids is 2. The lowest BCUT2D eigenvalue weighted by molar-refractivity contribution is -0.384. The second-order valence-corrected chi connectivity index (χ2v) is 8.40. The molecule has 0 spiro atoms. The number of phenols is 1. The third-order valence-corrected chi connectivity index (χ3v) is 5.90. The lowest BCUT2D eigenvalue weighted by atomic mass is 10.2. The molecule has 2 N–H and O–H groups in total. The monoisotopic (exact) mass is 473 g/mol. The zero-order chi connectivity index (χ0) is 23.3. The highest BCUT2D eigenvalue weighted by Crippen LogP contribution is 2.34. The normalized spacial score (nSPS) is 14.7. The number of thiocarbonyl (C=S) groups is 1. The average Bonchev–Trinajstić information content (AvgIpc) is 3.02. The summed E-state index contributed by atoms with van der Waals surface area (Å²) in [6, 6.07) is 10.3. The molecule has 0 unspecified atom stereocenters. The van der Waals surface area contributed by atoms with E-state index in [1.54, 1.807) is 18.2 Å². The second-order valence-electron chi connectivity index (χ2n) is 6.72. The van der Waals surface area contributed by atoms with Gasteiger partial charge in [-0.25, -0.2) is 0 Å². The Kier molecular flexibility index (Phi) is 7.44. The number of aromatic hydroxyl groups is 1. The van der Waals surface area contributed by atoms with Gasteiger partial charge in [0.25, 0.3) is 11.6 Å². The lowest BCUT2D eigenvalue weighted by Crippen LogP contribution is -2.29. The molecule has 1 heterocycles. The highest BCUT2D eigenvalue weighted by Gasteiger charge is 2.31. The van der Waals surface area contributed by atoms with E-state index in [0.717, 1.165) is 0 Å². The maximum Gasteiger partial charge on any atom is 0.269 e. The number of benzene rings is 2. The summed E-state index contributed by atoms with van der Waals surface area (Å²) in [5.74, 6) is -0.212. The van der Waals surface area contributed by atoms with Crippen LogP contribution in [0, 0.1) is 10.1 Å². The molecule has 11 heteroatoms. The quantitative estimate of drug-likeness (QED) is 0.256. The minimum Gasteiger partial charge on any atom is -0.504 e. The van der Waals surface area contributed by atoms with Gasteiger partial charge in [-0.3, -0.25) is 24.6 Å². The molecule has 0 atom stereocenters. The maximum absolute atomic E-state index is 12.7. The van der Waals surface area contributed by atoms with Gasteiger partial charge in [0, 0.05) is 30.8 Å². The molecule has 1 aliphatic heterocycles. The summed E-state index contributed by atoms with van der Waals surface area (Å²) in [5.41, 5.74) is 1.08. The molecule has 32 heavy (non-hydrogen) atoms. The fourth-order valence-electron chi connectivity index (χ4n) is 2.92. The first-order chi connectivity index (χ1) is 15.3. The van der Waals surface area contributed by atoms with Gasteiger partial charge in [-0.15, -0.1) is 0 Å². The first-order valence-electron chi connectivity index (χ1n) is 9.45. The third kappa shape index (κ3) is 5.62. The van der Waals surface area contributed by atoms with Crippen LogP contribution in [0.15, 0.2) is 47.4 Å². The predicted octanol–water partition coefficient (Wildman–Crippen LogP) is 3.93. The SMILES string of the molecule is COc1cc(/C=C2\SC(=S)N(CCCC(=O)Nc3ccc([N+](=O)[O-])cc3)C2=O)ccc1O. The molecule has 0 saturated carbocycles. The van der Waals surface area contributed by atoms with Crippen molar-refractivity contribution in [2.75, 3.05) is 19.0 Å². The summed E-state index contributed by atoms with van der Waals surface area (Å²) in [5, 5.41) is 23.0. The lowest BCUT2D eigenvalue weighted by Gasteiger charge is -2.14. The van der Waals surface area contributed by atoms with Gasteiger partial charge < -0.3 is 15.2 Å². The van der Waals surface area contributed by atoms with E-state index in [1.807, 2.05) is 0 Å². The van der Waals surface area contributed by atoms with Gasteiger partial charge in [-0.1, -0.05) is 30.0 Å². The number of hydrogen-bond acceptors (Lipinski definition) is 8. The van der Waals surface area contributed by atoms with E-state index >= 15 is 0 Å². The number of hydrogen-bond donors (Lipinski definition) is 2. The van der Waals surface area contributed by atoms with Gasteiger partial charge in [0.05, 0.1) is 16.9 Å². The zero-order valence-corrected chi connectivity index (χ0v) is 18.6. The van der Waals surface area contributed by atoms with E-state index in [1.165, 1.54) is 54.1 Å². The second kappa shape index (κ2) is 10.2. The molecule has 1 fully saturated rings. The van der Waals surface area contributed by atoms with Crippen LogP contribution < -0.4 is 10.1 Å². The molecule has 1 saturated heterocycles. The number of non-ortho nitro benzene ring substituents is 1. The number of rotatable bonds is 8. The summed E-state index contributed by atoms with van der Waals surface area (Å²) in [6.45, 7) is 0.286. The first-order valence-corrected chi connectivity index (χ1v) is 10.7. The molecular formula is C21H19N3O6S2. The van der Waals surface area contributed by atoms with Crippen LogP contribution in [0.25, 0.3) is 6.08 Å². The van der Waals surface area contributed by atoms with Crippen molar-refractivity contribution in [2.24, 2.45) is 0 Å². The number of phenolic OH excluding ortho intramolecular Hbond substituents is 1. The molecule has 3 rings (SSSR count). The summed E-state index contributed by atoms with van der Waals surface area (Å²) in [4.78, 5) is 36.9. The number of nitrogens with zero attached hydrogens (tertiary/aromatic N) is 2. The highest BCUT2D eigenvalue weighted by atomic mass is 32.2. The Bertz CT molecular complexity index is 1100. The van der Waals surface area contributed by atoms with Crippen molar-refractivity contribution in [1.82, 2.24) is 4.90 Å². The number of ether oxygens (including phenoxy) is 1. The van der Waals surface area contributed by atoms with Gasteiger partial charge in [0.2, 0.25) is 5.91 Å². The van der Waals surface area contributed by atoms with E-state index < -0.39 is 4.92 Å². The Morgan fingerprint density at radius 3 is 2.69 bits per heavy atom. The van der Waals surface area contributed by atoms with E-state index in [-0.39, 0.29) is 36.2 Å². The van der Waals surface area contributed by atoms with Crippen LogP contribution in [0.1, 0.15) is 18.4 Å². The fraction of sp³-hybridized carbons (Fsp3) is 0.190. The number of nitrogens with one attached hydrogen (secondary N) is 1. The maximum atomic E-state index is 12.7. The van der Waals surface area contributed by atoms with Crippen molar-refractivity contribution >= 4 is 57.6 Å². The molecule has 0 bridgehead atoms. The van der Waals surface area contributed by atoms with Gasteiger partial charge in [-0.2, -0.15) is 0 Å². The summed E-state index contributed by atoms with van der Waals surface area (Å²) >= 11 is 6.47. The Labute approximate surface area is 193 Å². The molecule has 0 aromatic heterocycles. The molecular weight excluding hydrogens is 454 g/mol. The summed E-state index contributed by atoms with van der Waals surface area (Å²) < 4.78 is 5.48. The largest absolute Gasteiger partial charge is 0.504 e. The number of nitro groups is 1. The summed E-state index contributed by atoms with van der Waals surface area (Å²) in [6.07, 6.45) is 2.22. The van der Waals surface area contributed by atoms with Crippen LogP contribution in [-0.4, -0.2) is 44.7 Å². The molecule has 2 aromatic carbocycles. The number of carbonyl (C=O) groups is 2. The standard InChI is InChI=1S/C21H19N3O6S2/c1-30-17-11-13(4-9-16(17)25)12-18-20(27)23(21(31)32-18)10-2-3-19(26)22-14-5-7-15(8-6-14)24(28)29/h4-9,11-12,25H,2-3,10H2,1H3,(H,22,26)/b18-12-. The molecule has 0 radical (unpaired) electrons. The van der Waals surface area contributed by atoms with Gasteiger partial charge in [0.15, 0.2) is 11.5 Å². The van der Waals surface area contributed by atoms with Crippen molar-refractivity contribution in [3.05, 3.63) is 63.0 Å². The van der Waals surface area contributed by atoms with Gasteiger partial charge >= 0.3 is 0 Å². The minimum absolute atomic E-state index is 0.00389. The van der Waals surface area contributed by atoms with Crippen LogP contribution in [0.2, 0.25) is 0 Å². The first kappa shape index (κ1) is 23.2. The number of nitro benzene ring substituents is 1. The van der Waals surface area contributed by atoms with Crippen molar-refractivity contribution < 1.29 is 24.4 Å². The van der Waals surface area contributed by atoms with Crippen LogP contribution in [0.3, 0.4) is 0 Å². The van der Waals surface area contributed by atoms with Crippen LogP contribution >= 0.6 is 24.0 Å². The average molecular weight is 474 g/mol. The number of anilines is 1. The van der Waals surface area contributed by atoms with Crippen LogP contribution in [0.4, 0.5) is 11.4 Å². The zero-order valence-electron chi connectivity index (χ0n) is 16.9. The van der Waals surface area contributed by atoms with Crippen molar-refractivity contribution in [1.29, 1.82) is 0 Å². The van der Waals surface area contributed by atoms with Crippen LogP contribution in [-0.2, 0) is 9.59 Å². The number of amides is 2. The molecule has 2 amide bonds. The number of methoxy groups -OCH3 is 1. The van der Waals surface area contributed by atoms with Gasteiger partial charge in [-0.05, 0) is 42.3 Å². The predicted molar refractivity (Wildman–Crippen MR) is 125 cm³/mol. The fourth-order valence-corrected chi connectivity index (χ4v) is 4.22. The molecule has 2 aromatic rings. The van der Waals surface area contributed by atoms with Crippen LogP contribution in [0.5, 0.6) is 11.5 Å². The van der Waals surface area contributed by atoms with E-state index in [2.05, 4.69) is 5.32 Å². The third-order valence-electron chi connectivity index (χ3n) is 4.52. The van der Waals surface area contributed by atoms with E-state index in [4.69, 9.17) is 17.0 Å². The Morgan fingerprint density at radius 2 is 2.03 bits per heavy atom. The Hall–Kier alpha value is -3.44. The topological polar surface area (TPSA) is 122 Å². The van der Waals surface area contributed by atoms with E-state index in [0.29, 0.717) is 32.6 Å². The molecule has 166 valence electrons. The van der Waals surface area contributed by atoms with E-state index in [9.17, 15) is 24.8 Å². The molecule has 9 nitrogen and oxygen atoms in total. The molecule has 1 aliphatic rings. The highest BCUT2D eigenvalue weighted by molar-refractivity contribution is 8.26. The van der Waals surface area contributed by atoms with Crippen molar-refractivity contribution in [3.8, 4) is 11.5 Å². The van der Waals surface area contributed by atoms with Gasteiger partial charge in [0.1, 0.15) is 4.32 Å². The minimum atomic E-state index is -0.513. The smallest absolute Gasteiger partial charge is 0.269 e. The summed E-state index contributed by atoms with van der Waals surface area (Å²) in [7, 11) is 1.44.